The summed E-state index contributed by atoms with van der Waals surface area (Å²) in [6.45, 7) is 3.16. The molecule has 7 heteroatoms. The molecule has 3 atom stereocenters. The van der Waals surface area contributed by atoms with Gasteiger partial charge in [-0.3, -0.25) is 4.98 Å². The minimum atomic E-state index is -0.0871. The van der Waals surface area contributed by atoms with Gasteiger partial charge < -0.3 is 9.32 Å². The highest BCUT2D eigenvalue weighted by Gasteiger charge is 2.45. The maximum atomic E-state index is 6.37. The van der Waals surface area contributed by atoms with Gasteiger partial charge in [0.15, 0.2) is 5.17 Å². The third kappa shape index (κ3) is 3.11. The lowest BCUT2D eigenvalue weighted by atomic mass is 10.0. The zero-order valence-electron chi connectivity index (χ0n) is 15.0. The Morgan fingerprint density at radius 3 is 2.82 bits per heavy atom. The first-order valence-corrected chi connectivity index (χ1v) is 10.7. The van der Waals surface area contributed by atoms with Gasteiger partial charge in [-0.15, -0.1) is 0 Å². The molecule has 2 aliphatic heterocycles. The first-order chi connectivity index (χ1) is 13.6. The molecule has 2 aliphatic rings. The Balaban J connectivity index is 1.54. The molecule has 1 saturated heterocycles. The summed E-state index contributed by atoms with van der Waals surface area (Å²) in [4.78, 5) is 11.9. The summed E-state index contributed by atoms with van der Waals surface area (Å²) >= 11 is 14.2. The molecular formula is C21H17Cl2N3OS. The molecule has 1 aromatic carbocycles. The van der Waals surface area contributed by atoms with E-state index in [1.165, 1.54) is 0 Å². The van der Waals surface area contributed by atoms with Gasteiger partial charge in [-0.05, 0) is 42.5 Å². The van der Waals surface area contributed by atoms with Crippen LogP contribution >= 0.6 is 35.0 Å². The van der Waals surface area contributed by atoms with E-state index in [4.69, 9.17) is 32.6 Å². The standard InChI is InChI=1S/C21H17Cl2N3OS/c1-12-11-26-20(19(25-21(26)28-12)16-4-2-3-9-24-16)18-8-7-17(27-18)14-6-5-13(22)10-15(14)23/h2-10,12,19-20H,11H2,1H3/t12-,19-,20+/m1/s1. The summed E-state index contributed by atoms with van der Waals surface area (Å²) in [6.07, 6.45) is 1.81. The van der Waals surface area contributed by atoms with E-state index in [0.29, 0.717) is 15.3 Å². The number of pyridine rings is 1. The molecule has 0 unspecified atom stereocenters. The Morgan fingerprint density at radius 2 is 2.04 bits per heavy atom. The Labute approximate surface area is 177 Å². The summed E-state index contributed by atoms with van der Waals surface area (Å²) in [5, 5.41) is 2.75. The third-order valence-corrected chi connectivity index (χ3v) is 6.65. The van der Waals surface area contributed by atoms with Crippen LogP contribution in [0.25, 0.3) is 11.3 Å². The van der Waals surface area contributed by atoms with E-state index in [-0.39, 0.29) is 12.1 Å². The van der Waals surface area contributed by atoms with Crippen molar-refractivity contribution in [3.05, 3.63) is 76.2 Å². The molecule has 0 bridgehead atoms. The van der Waals surface area contributed by atoms with Crippen molar-refractivity contribution in [3.8, 4) is 11.3 Å². The van der Waals surface area contributed by atoms with Gasteiger partial charge in [-0.2, -0.15) is 0 Å². The molecule has 0 aliphatic carbocycles. The van der Waals surface area contributed by atoms with Crippen LogP contribution in [0.3, 0.4) is 0 Å². The zero-order valence-corrected chi connectivity index (χ0v) is 17.4. The van der Waals surface area contributed by atoms with Crippen LogP contribution in [0.5, 0.6) is 0 Å². The molecule has 2 aromatic heterocycles. The molecule has 0 spiro atoms. The molecule has 0 saturated carbocycles. The molecule has 28 heavy (non-hydrogen) atoms. The predicted octanol–water partition coefficient (Wildman–Crippen LogP) is 6.24. The first-order valence-electron chi connectivity index (χ1n) is 9.07. The van der Waals surface area contributed by atoms with Crippen molar-refractivity contribution >= 4 is 40.1 Å². The van der Waals surface area contributed by atoms with Crippen molar-refractivity contribution in [2.24, 2.45) is 4.99 Å². The smallest absolute Gasteiger partial charge is 0.161 e. The number of furan rings is 1. The molecule has 5 rings (SSSR count). The van der Waals surface area contributed by atoms with E-state index in [1.807, 2.05) is 60.4 Å². The number of hydrogen-bond donors (Lipinski definition) is 0. The molecule has 4 heterocycles. The van der Waals surface area contributed by atoms with Crippen LogP contribution in [0.1, 0.15) is 30.5 Å². The number of aliphatic imine (C=N–C) groups is 1. The predicted molar refractivity (Wildman–Crippen MR) is 115 cm³/mol. The first kappa shape index (κ1) is 18.1. The molecule has 4 nitrogen and oxygen atoms in total. The van der Waals surface area contributed by atoms with Gasteiger partial charge in [0, 0.05) is 28.6 Å². The highest BCUT2D eigenvalue weighted by atomic mass is 35.5. The lowest BCUT2D eigenvalue weighted by Gasteiger charge is -2.25. The SMILES string of the molecule is C[C@@H]1CN2C(=N[C@H](c3ccccn3)[C@@H]2c2ccc(-c3ccc(Cl)cc3Cl)o2)S1. The molecule has 3 aromatic rings. The van der Waals surface area contributed by atoms with Crippen LogP contribution in [0.4, 0.5) is 0 Å². The van der Waals surface area contributed by atoms with Gasteiger partial charge in [0.25, 0.3) is 0 Å². The van der Waals surface area contributed by atoms with E-state index in [9.17, 15) is 0 Å². The van der Waals surface area contributed by atoms with Gasteiger partial charge in [-0.1, -0.05) is 48.0 Å². The minimum absolute atomic E-state index is 0.0119. The zero-order chi connectivity index (χ0) is 19.3. The average Bonchev–Trinajstić information content (AvgIpc) is 3.36. The number of rotatable bonds is 3. The molecule has 0 amide bonds. The van der Waals surface area contributed by atoms with Gasteiger partial charge in [0.2, 0.25) is 0 Å². The molecule has 0 N–H and O–H groups in total. The number of halogens is 2. The summed E-state index contributed by atoms with van der Waals surface area (Å²) < 4.78 is 6.29. The number of fused-ring (bicyclic) bond motifs is 1. The third-order valence-electron chi connectivity index (χ3n) is 5.00. The molecule has 0 radical (unpaired) electrons. The van der Waals surface area contributed by atoms with Crippen LogP contribution in [0.2, 0.25) is 10.0 Å². The Kier molecular flexibility index (Phi) is 4.62. The number of amidine groups is 1. The number of thioether (sulfide) groups is 1. The van der Waals surface area contributed by atoms with Gasteiger partial charge in [-0.25, -0.2) is 4.99 Å². The van der Waals surface area contributed by atoms with E-state index >= 15 is 0 Å². The fourth-order valence-electron chi connectivity index (χ4n) is 3.77. The van der Waals surface area contributed by atoms with Gasteiger partial charge >= 0.3 is 0 Å². The number of nitrogens with zero attached hydrogens (tertiary/aromatic N) is 3. The highest BCUT2D eigenvalue weighted by Crippen LogP contribution is 2.48. The van der Waals surface area contributed by atoms with Crippen molar-refractivity contribution in [1.82, 2.24) is 9.88 Å². The highest BCUT2D eigenvalue weighted by molar-refractivity contribution is 8.14. The minimum Gasteiger partial charge on any atom is -0.459 e. The van der Waals surface area contributed by atoms with Crippen LogP contribution < -0.4 is 0 Å². The largest absolute Gasteiger partial charge is 0.459 e. The van der Waals surface area contributed by atoms with Crippen molar-refractivity contribution < 1.29 is 4.42 Å². The Hall–Kier alpha value is -1.95. The van der Waals surface area contributed by atoms with Gasteiger partial charge in [0.1, 0.15) is 23.6 Å². The topological polar surface area (TPSA) is 41.6 Å². The van der Waals surface area contributed by atoms with E-state index in [0.717, 1.165) is 34.5 Å². The average molecular weight is 430 g/mol. The van der Waals surface area contributed by atoms with Crippen LogP contribution in [0.15, 0.2) is 64.1 Å². The maximum Gasteiger partial charge on any atom is 0.161 e. The maximum absolute atomic E-state index is 6.37. The van der Waals surface area contributed by atoms with Crippen LogP contribution in [-0.2, 0) is 0 Å². The lowest BCUT2D eigenvalue weighted by Crippen LogP contribution is -2.28. The van der Waals surface area contributed by atoms with Crippen molar-refractivity contribution in [2.75, 3.05) is 6.54 Å². The normalized spacial score (nSPS) is 23.8. The fraction of sp³-hybridized carbons (Fsp3) is 0.238. The second-order valence-corrected chi connectivity index (χ2v) is 9.21. The Bertz CT molecular complexity index is 1050. The summed E-state index contributed by atoms with van der Waals surface area (Å²) in [7, 11) is 0. The molecule has 142 valence electrons. The number of hydrogen-bond acceptors (Lipinski definition) is 5. The van der Waals surface area contributed by atoms with Crippen LogP contribution in [0, 0.1) is 0 Å². The van der Waals surface area contributed by atoms with Crippen molar-refractivity contribution in [1.29, 1.82) is 0 Å². The van der Waals surface area contributed by atoms with Crippen molar-refractivity contribution in [2.45, 2.75) is 24.3 Å². The summed E-state index contributed by atoms with van der Waals surface area (Å²) in [6, 6.07) is 15.3. The number of aromatic nitrogens is 1. The molecular weight excluding hydrogens is 413 g/mol. The Morgan fingerprint density at radius 1 is 1.14 bits per heavy atom. The second kappa shape index (κ2) is 7.14. The molecule has 1 fully saturated rings. The van der Waals surface area contributed by atoms with Crippen LogP contribution in [-0.4, -0.2) is 26.8 Å². The van der Waals surface area contributed by atoms with E-state index < -0.39 is 0 Å². The van der Waals surface area contributed by atoms with Crippen molar-refractivity contribution in [3.63, 3.8) is 0 Å². The van der Waals surface area contributed by atoms with Gasteiger partial charge in [0.05, 0.1) is 10.7 Å². The summed E-state index contributed by atoms with van der Waals surface area (Å²) in [5.41, 5.74) is 1.78. The monoisotopic (exact) mass is 429 g/mol. The second-order valence-electron chi connectivity index (χ2n) is 6.96. The van der Waals surface area contributed by atoms with E-state index in [1.54, 1.807) is 6.07 Å². The quantitative estimate of drug-likeness (QED) is 0.494. The fourth-order valence-corrected chi connectivity index (χ4v) is 5.37. The summed E-state index contributed by atoms with van der Waals surface area (Å²) in [5.74, 6) is 1.59. The van der Waals surface area contributed by atoms with E-state index in [2.05, 4.69) is 16.8 Å². The lowest BCUT2D eigenvalue weighted by molar-refractivity contribution is 0.277. The number of benzene rings is 1.